The Hall–Kier alpha value is -1.94. The highest BCUT2D eigenvalue weighted by Gasteiger charge is 2.51. The van der Waals surface area contributed by atoms with E-state index in [9.17, 15) is 5.11 Å². The Labute approximate surface area is 184 Å². The Bertz CT molecular complexity index is 779. The van der Waals surface area contributed by atoms with Crippen LogP contribution in [0, 0.1) is 5.41 Å². The minimum Gasteiger partial charge on any atom is -0.407 e. The summed E-state index contributed by atoms with van der Waals surface area (Å²) >= 11 is 0. The molecule has 0 spiro atoms. The molecule has 2 aromatic rings. The van der Waals surface area contributed by atoms with Crippen molar-refractivity contribution in [3.63, 3.8) is 0 Å². The fraction of sp³-hybridized carbons (Fsp3) is 0.407. The van der Waals surface area contributed by atoms with Crippen LogP contribution in [-0.4, -0.2) is 26.6 Å². The molecule has 0 atom stereocenters. The van der Waals surface area contributed by atoms with Crippen molar-refractivity contribution in [2.24, 2.45) is 5.41 Å². The number of hydrogen-bond acceptors (Lipinski definition) is 2. The SMILES string of the molecule is C=C(C)CC(CO)(CO[Si](c1ccccc1)(c1ccccc1)C(C)(C)C)CC(=C)C. The maximum atomic E-state index is 10.5. The van der Waals surface area contributed by atoms with E-state index >= 15 is 0 Å². The Morgan fingerprint density at radius 3 is 1.53 bits per heavy atom. The van der Waals surface area contributed by atoms with Gasteiger partial charge in [-0.1, -0.05) is 92.6 Å². The van der Waals surface area contributed by atoms with Crippen LogP contribution >= 0.6 is 0 Å². The maximum absolute atomic E-state index is 10.5. The largest absolute Gasteiger partial charge is 0.407 e. The molecule has 3 heteroatoms. The predicted octanol–water partition coefficient (Wildman–Crippen LogP) is 5.47. The molecule has 0 amide bonds. The van der Waals surface area contributed by atoms with Crippen molar-refractivity contribution in [3.05, 3.63) is 85.0 Å². The highest BCUT2D eigenvalue weighted by atomic mass is 28.4. The van der Waals surface area contributed by atoms with Crippen molar-refractivity contribution < 1.29 is 9.53 Å². The standard InChI is InChI=1S/C27H38O2Si/c1-22(2)18-27(20-28,19-23(3)4)21-29-30(26(5,6)7,24-14-10-8-11-15-24)25-16-12-9-13-17-25/h8-17,28H,1,3,18-21H2,2,4-7H3. The van der Waals surface area contributed by atoms with Crippen molar-refractivity contribution in [1.29, 1.82) is 0 Å². The quantitative estimate of drug-likeness (QED) is 0.406. The fourth-order valence-corrected chi connectivity index (χ4v) is 9.30. The zero-order valence-electron chi connectivity index (χ0n) is 19.4. The van der Waals surface area contributed by atoms with Gasteiger partial charge in [-0.05, 0) is 42.1 Å². The molecular weight excluding hydrogens is 384 g/mol. The monoisotopic (exact) mass is 422 g/mol. The van der Waals surface area contributed by atoms with Gasteiger partial charge < -0.3 is 9.53 Å². The third-order valence-electron chi connectivity index (χ3n) is 5.70. The van der Waals surface area contributed by atoms with E-state index in [-0.39, 0.29) is 11.6 Å². The van der Waals surface area contributed by atoms with Crippen molar-refractivity contribution in [2.75, 3.05) is 13.2 Å². The van der Waals surface area contributed by atoms with Gasteiger partial charge in [0, 0.05) is 12.0 Å². The van der Waals surface area contributed by atoms with Crippen molar-refractivity contribution in [1.82, 2.24) is 0 Å². The van der Waals surface area contributed by atoms with Gasteiger partial charge in [-0.25, -0.2) is 0 Å². The summed E-state index contributed by atoms with van der Waals surface area (Å²) in [4.78, 5) is 0. The van der Waals surface area contributed by atoms with Gasteiger partial charge >= 0.3 is 0 Å². The molecular formula is C27H38O2Si. The molecule has 2 nitrogen and oxygen atoms in total. The Balaban J connectivity index is 2.62. The van der Waals surface area contributed by atoms with E-state index < -0.39 is 13.7 Å². The lowest BCUT2D eigenvalue weighted by atomic mass is 9.78. The molecule has 0 aliphatic carbocycles. The lowest BCUT2D eigenvalue weighted by molar-refractivity contribution is 0.0617. The zero-order chi connectivity index (χ0) is 22.4. The first-order chi connectivity index (χ1) is 14.1. The molecule has 0 heterocycles. The van der Waals surface area contributed by atoms with Gasteiger partial charge in [0.2, 0.25) is 0 Å². The van der Waals surface area contributed by atoms with Crippen molar-refractivity contribution in [2.45, 2.75) is 52.5 Å². The molecule has 0 fully saturated rings. The molecule has 0 saturated carbocycles. The van der Waals surface area contributed by atoms with Gasteiger partial charge in [0.1, 0.15) is 0 Å². The molecule has 0 bridgehead atoms. The zero-order valence-corrected chi connectivity index (χ0v) is 20.4. The highest BCUT2D eigenvalue weighted by Crippen LogP contribution is 2.40. The van der Waals surface area contributed by atoms with Gasteiger partial charge in [0.05, 0.1) is 6.61 Å². The van der Waals surface area contributed by atoms with E-state index in [2.05, 4.69) is 94.6 Å². The topological polar surface area (TPSA) is 29.5 Å². The molecule has 162 valence electrons. The van der Waals surface area contributed by atoms with Crippen LogP contribution in [0.2, 0.25) is 5.04 Å². The average Bonchev–Trinajstić information content (AvgIpc) is 2.68. The summed E-state index contributed by atoms with van der Waals surface area (Å²) in [5.74, 6) is 0. The molecule has 2 aromatic carbocycles. The van der Waals surface area contributed by atoms with Crippen molar-refractivity contribution >= 4 is 18.7 Å². The van der Waals surface area contributed by atoms with Gasteiger partial charge in [-0.3, -0.25) is 0 Å². The van der Waals surface area contributed by atoms with Crippen LogP contribution in [0.3, 0.4) is 0 Å². The lowest BCUT2D eigenvalue weighted by Gasteiger charge is -2.45. The van der Waals surface area contributed by atoms with Crippen LogP contribution < -0.4 is 10.4 Å². The van der Waals surface area contributed by atoms with E-state index in [0.717, 1.165) is 11.1 Å². The summed E-state index contributed by atoms with van der Waals surface area (Å²) < 4.78 is 7.12. The molecule has 0 saturated heterocycles. The van der Waals surface area contributed by atoms with Gasteiger partial charge in [0.25, 0.3) is 8.32 Å². The number of aliphatic hydroxyl groups is 1. The van der Waals surface area contributed by atoms with E-state index in [0.29, 0.717) is 19.4 Å². The smallest absolute Gasteiger partial charge is 0.261 e. The molecule has 2 rings (SSSR count). The first kappa shape index (κ1) is 24.3. The normalized spacial score (nSPS) is 12.6. The van der Waals surface area contributed by atoms with Crippen molar-refractivity contribution in [3.8, 4) is 0 Å². The maximum Gasteiger partial charge on any atom is 0.261 e. The van der Waals surface area contributed by atoms with Crippen LogP contribution in [0.1, 0.15) is 47.5 Å². The molecule has 0 unspecified atom stereocenters. The third kappa shape index (κ3) is 5.40. The molecule has 0 aromatic heterocycles. The predicted molar refractivity (Wildman–Crippen MR) is 132 cm³/mol. The summed E-state index contributed by atoms with van der Waals surface area (Å²) in [6, 6.07) is 21.3. The van der Waals surface area contributed by atoms with Gasteiger partial charge in [-0.2, -0.15) is 0 Å². The summed E-state index contributed by atoms with van der Waals surface area (Å²) in [5.41, 5.74) is 1.69. The molecule has 1 N–H and O–H groups in total. The summed E-state index contributed by atoms with van der Waals surface area (Å²) in [6.07, 6.45) is 1.43. The average molecular weight is 423 g/mol. The minimum absolute atomic E-state index is 0.0465. The molecule has 30 heavy (non-hydrogen) atoms. The number of hydrogen-bond donors (Lipinski definition) is 1. The molecule has 0 radical (unpaired) electrons. The Morgan fingerprint density at radius 1 is 0.833 bits per heavy atom. The lowest BCUT2D eigenvalue weighted by Crippen LogP contribution is -2.67. The van der Waals surface area contributed by atoms with E-state index in [1.165, 1.54) is 10.4 Å². The summed E-state index contributed by atoms with van der Waals surface area (Å²) in [5, 5.41) is 12.9. The fourth-order valence-electron chi connectivity index (χ4n) is 4.63. The number of benzene rings is 2. The first-order valence-electron chi connectivity index (χ1n) is 10.7. The highest BCUT2D eigenvalue weighted by molar-refractivity contribution is 6.99. The molecule has 0 aliphatic rings. The van der Waals surface area contributed by atoms with Gasteiger partial charge in [0.15, 0.2) is 0 Å². The van der Waals surface area contributed by atoms with Crippen LogP contribution in [-0.2, 0) is 4.43 Å². The molecule has 0 aliphatic heterocycles. The summed E-state index contributed by atoms with van der Waals surface area (Å²) in [6.45, 7) is 19.6. The Kier molecular flexibility index (Phi) is 8.04. The third-order valence-corrected chi connectivity index (χ3v) is 10.7. The summed E-state index contributed by atoms with van der Waals surface area (Å²) in [7, 11) is -2.65. The van der Waals surface area contributed by atoms with Crippen LogP contribution in [0.4, 0.5) is 0 Å². The van der Waals surface area contributed by atoms with E-state index in [1.807, 2.05) is 13.8 Å². The second-order valence-corrected chi connectivity index (χ2v) is 14.2. The minimum atomic E-state index is -2.65. The van der Waals surface area contributed by atoms with Crippen LogP contribution in [0.15, 0.2) is 85.0 Å². The van der Waals surface area contributed by atoms with E-state index in [1.54, 1.807) is 0 Å². The van der Waals surface area contributed by atoms with E-state index in [4.69, 9.17) is 4.43 Å². The van der Waals surface area contributed by atoms with Crippen LogP contribution in [0.25, 0.3) is 0 Å². The first-order valence-corrected chi connectivity index (χ1v) is 12.6. The second-order valence-electron chi connectivity index (χ2n) is 9.88. The second kappa shape index (κ2) is 9.91. The number of rotatable bonds is 10. The number of aliphatic hydroxyl groups excluding tert-OH is 1. The van der Waals surface area contributed by atoms with Gasteiger partial charge in [-0.15, -0.1) is 13.2 Å². The van der Waals surface area contributed by atoms with Crippen LogP contribution in [0.5, 0.6) is 0 Å². The Morgan fingerprint density at radius 2 is 1.23 bits per heavy atom. The number of allylic oxidation sites excluding steroid dienone is 2.